The van der Waals surface area contributed by atoms with Crippen LogP contribution in [0.2, 0.25) is 0 Å². The molecule has 0 amide bonds. The summed E-state index contributed by atoms with van der Waals surface area (Å²) in [6, 6.07) is 0. The number of thiazole rings is 1. The van der Waals surface area contributed by atoms with Crippen LogP contribution in [0.5, 0.6) is 0 Å². The second-order valence-electron chi connectivity index (χ2n) is 3.96. The number of hydrogen-bond donors (Lipinski definition) is 0. The summed E-state index contributed by atoms with van der Waals surface area (Å²) < 4.78 is 13.6. The van der Waals surface area contributed by atoms with Crippen LogP contribution in [-0.4, -0.2) is 24.0 Å². The lowest BCUT2D eigenvalue weighted by atomic mass is 9.73. The third kappa shape index (κ3) is 1.69. The second kappa shape index (κ2) is 4.41. The van der Waals surface area contributed by atoms with Gasteiger partial charge in [-0.05, 0) is 12.8 Å². The Hall–Kier alpha value is -1.10. The second-order valence-corrected chi connectivity index (χ2v) is 4.82. The van der Waals surface area contributed by atoms with Crippen molar-refractivity contribution in [3.8, 4) is 0 Å². The summed E-state index contributed by atoms with van der Waals surface area (Å²) in [5.41, 5.74) is 0.593. The van der Waals surface area contributed by atoms with Gasteiger partial charge in [0.15, 0.2) is 0 Å². The molecule has 1 heterocycles. The van der Waals surface area contributed by atoms with Crippen molar-refractivity contribution in [3.63, 3.8) is 0 Å². The van der Waals surface area contributed by atoms with Crippen molar-refractivity contribution in [1.29, 1.82) is 0 Å². The van der Waals surface area contributed by atoms with Gasteiger partial charge in [0.2, 0.25) is 5.95 Å². The molecule has 0 N–H and O–H groups in total. The predicted molar refractivity (Wildman–Crippen MR) is 61.6 cm³/mol. The van der Waals surface area contributed by atoms with Crippen LogP contribution in [0.4, 0.5) is 4.39 Å². The van der Waals surface area contributed by atoms with E-state index in [2.05, 4.69) is 9.98 Å². The summed E-state index contributed by atoms with van der Waals surface area (Å²) in [5.74, 6) is -0.465. The van der Waals surface area contributed by atoms with Crippen LogP contribution in [0.1, 0.15) is 30.6 Å². The fourth-order valence-corrected chi connectivity index (χ4v) is 3.11. The molecule has 86 valence electrons. The molecule has 1 aliphatic rings. The summed E-state index contributed by atoms with van der Waals surface area (Å²) in [6.45, 7) is 0. The van der Waals surface area contributed by atoms with E-state index in [1.165, 1.54) is 16.8 Å². The van der Waals surface area contributed by atoms with Crippen molar-refractivity contribution >= 4 is 23.3 Å². The first-order valence-corrected chi connectivity index (χ1v) is 6.15. The maximum atomic E-state index is 13.6. The third-order valence-electron chi connectivity index (χ3n) is 3.00. The molecular formula is C11H13FN2OS. The maximum Gasteiger partial charge on any atom is 0.228 e. The van der Waals surface area contributed by atoms with Gasteiger partial charge in [-0.25, -0.2) is 4.98 Å². The van der Waals surface area contributed by atoms with Gasteiger partial charge < -0.3 is 0 Å². The van der Waals surface area contributed by atoms with Gasteiger partial charge in [-0.2, -0.15) is 4.39 Å². The fourth-order valence-electron chi connectivity index (χ4n) is 2.23. The Morgan fingerprint density at radius 2 is 2.44 bits per heavy atom. The van der Waals surface area contributed by atoms with E-state index in [0.717, 1.165) is 12.8 Å². The highest BCUT2D eigenvalue weighted by atomic mass is 32.1. The number of aliphatic imine (C=N–C) groups is 1. The fraction of sp³-hybridized carbons (Fsp3) is 0.545. The molecule has 2 rings (SSSR count). The first-order chi connectivity index (χ1) is 7.70. The summed E-state index contributed by atoms with van der Waals surface area (Å²) in [6.07, 6.45) is 4.55. The number of carbonyl (C=O) groups is 1. The Balaban J connectivity index is 2.50. The Bertz CT molecular complexity index is 429. The molecule has 0 bridgehead atoms. The van der Waals surface area contributed by atoms with Crippen LogP contribution >= 0.6 is 11.3 Å². The molecule has 0 aromatic carbocycles. The van der Waals surface area contributed by atoms with Crippen molar-refractivity contribution in [2.45, 2.75) is 31.1 Å². The quantitative estimate of drug-likeness (QED) is 0.745. The Morgan fingerprint density at radius 3 is 3.00 bits per heavy atom. The van der Waals surface area contributed by atoms with E-state index in [4.69, 9.17) is 0 Å². The molecule has 1 aromatic heterocycles. The smallest absolute Gasteiger partial charge is 0.228 e. The van der Waals surface area contributed by atoms with Crippen LogP contribution in [0, 0.1) is 5.95 Å². The molecule has 1 saturated carbocycles. The lowest BCUT2D eigenvalue weighted by Crippen LogP contribution is -2.40. The highest BCUT2D eigenvalue weighted by molar-refractivity contribution is 7.10. The lowest BCUT2D eigenvalue weighted by molar-refractivity contribution is -0.123. The van der Waals surface area contributed by atoms with E-state index in [-0.39, 0.29) is 5.78 Å². The van der Waals surface area contributed by atoms with Crippen molar-refractivity contribution in [1.82, 2.24) is 4.98 Å². The molecule has 0 aliphatic heterocycles. The molecule has 1 atom stereocenters. The average molecular weight is 240 g/mol. The molecule has 0 saturated heterocycles. The molecule has 1 aromatic rings. The highest BCUT2D eigenvalue weighted by Gasteiger charge is 2.43. The number of halogens is 1. The standard InChI is InChI=1S/C11H13FN2OS/c1-13-6-11(5-3-2-4-8(11)15)9-10(12)14-7-16-9/h6-7H,2-5H2,1H3/b13-6-/t11-/m1/s1. The van der Waals surface area contributed by atoms with Crippen LogP contribution in [0.25, 0.3) is 0 Å². The largest absolute Gasteiger partial charge is 0.299 e. The number of ketones is 1. The summed E-state index contributed by atoms with van der Waals surface area (Å²) in [7, 11) is 1.61. The molecule has 3 nitrogen and oxygen atoms in total. The molecule has 16 heavy (non-hydrogen) atoms. The van der Waals surface area contributed by atoms with Crippen molar-refractivity contribution in [2.24, 2.45) is 4.99 Å². The van der Waals surface area contributed by atoms with E-state index < -0.39 is 11.4 Å². The SMILES string of the molecule is C/N=C\[C@]1(c2scnc2F)CCCCC1=O. The van der Waals surface area contributed by atoms with Gasteiger partial charge in [0.1, 0.15) is 11.2 Å². The van der Waals surface area contributed by atoms with Crippen molar-refractivity contribution in [2.75, 3.05) is 7.05 Å². The van der Waals surface area contributed by atoms with E-state index in [0.29, 0.717) is 17.7 Å². The van der Waals surface area contributed by atoms with Crippen LogP contribution in [0.3, 0.4) is 0 Å². The number of rotatable bonds is 2. The van der Waals surface area contributed by atoms with Gasteiger partial charge in [0, 0.05) is 19.7 Å². The Kier molecular flexibility index (Phi) is 3.14. The zero-order valence-electron chi connectivity index (χ0n) is 9.07. The topological polar surface area (TPSA) is 42.3 Å². The van der Waals surface area contributed by atoms with Gasteiger partial charge in [-0.3, -0.25) is 9.79 Å². The zero-order valence-corrected chi connectivity index (χ0v) is 9.89. The van der Waals surface area contributed by atoms with Crippen molar-refractivity contribution in [3.05, 3.63) is 16.3 Å². The van der Waals surface area contributed by atoms with E-state index in [9.17, 15) is 9.18 Å². The third-order valence-corrected chi connectivity index (χ3v) is 3.98. The molecule has 1 aliphatic carbocycles. The first-order valence-electron chi connectivity index (χ1n) is 5.27. The van der Waals surface area contributed by atoms with Gasteiger partial charge in [-0.15, -0.1) is 11.3 Å². The number of nitrogens with zero attached hydrogens (tertiary/aromatic N) is 2. The normalized spacial score (nSPS) is 26.5. The van der Waals surface area contributed by atoms with Gasteiger partial charge in [0.05, 0.1) is 10.4 Å². The van der Waals surface area contributed by atoms with Gasteiger partial charge in [0.25, 0.3) is 0 Å². The molecule has 0 spiro atoms. The number of aromatic nitrogens is 1. The van der Waals surface area contributed by atoms with Crippen LogP contribution in [-0.2, 0) is 10.2 Å². The van der Waals surface area contributed by atoms with Crippen molar-refractivity contribution < 1.29 is 9.18 Å². The zero-order chi connectivity index (χ0) is 11.6. The minimum atomic E-state index is -0.849. The molecular weight excluding hydrogens is 227 g/mol. The minimum Gasteiger partial charge on any atom is -0.299 e. The molecule has 1 fully saturated rings. The Morgan fingerprint density at radius 1 is 1.62 bits per heavy atom. The van der Waals surface area contributed by atoms with E-state index >= 15 is 0 Å². The predicted octanol–water partition coefficient (Wildman–Crippen LogP) is 2.36. The Labute approximate surface area is 97.4 Å². The molecule has 0 radical (unpaired) electrons. The number of carbonyl (C=O) groups excluding carboxylic acids is 1. The lowest BCUT2D eigenvalue weighted by Gasteiger charge is -2.30. The van der Waals surface area contributed by atoms with E-state index in [1.807, 2.05) is 0 Å². The summed E-state index contributed by atoms with van der Waals surface area (Å²) in [4.78, 5) is 20.0. The number of hydrogen-bond acceptors (Lipinski definition) is 4. The number of Topliss-reactive ketones (excluding diaryl/α,β-unsaturated/α-hetero) is 1. The summed E-state index contributed by atoms with van der Waals surface area (Å²) >= 11 is 1.20. The minimum absolute atomic E-state index is 0.0625. The average Bonchev–Trinajstić information content (AvgIpc) is 2.69. The van der Waals surface area contributed by atoms with Gasteiger partial charge in [-0.1, -0.05) is 6.42 Å². The summed E-state index contributed by atoms with van der Waals surface area (Å²) in [5, 5.41) is 0. The molecule has 0 unspecified atom stereocenters. The molecule has 5 heteroatoms. The van der Waals surface area contributed by atoms with Crippen LogP contribution in [0.15, 0.2) is 10.5 Å². The van der Waals surface area contributed by atoms with Crippen LogP contribution < -0.4 is 0 Å². The first kappa shape index (κ1) is 11.4. The van der Waals surface area contributed by atoms with E-state index in [1.54, 1.807) is 13.3 Å². The monoisotopic (exact) mass is 240 g/mol. The highest BCUT2D eigenvalue weighted by Crippen LogP contribution is 2.38. The maximum absolute atomic E-state index is 13.6. The van der Waals surface area contributed by atoms with Gasteiger partial charge >= 0.3 is 0 Å².